The lowest BCUT2D eigenvalue weighted by atomic mass is 10.0. The van der Waals surface area contributed by atoms with E-state index in [2.05, 4.69) is 4.72 Å². The first-order valence-electron chi connectivity index (χ1n) is 7.44. The summed E-state index contributed by atoms with van der Waals surface area (Å²) in [6.45, 7) is 8.48. The Morgan fingerprint density at radius 1 is 1.23 bits per heavy atom. The summed E-state index contributed by atoms with van der Waals surface area (Å²) in [6, 6.07) is 7.69. The van der Waals surface area contributed by atoms with Gasteiger partial charge in [0.1, 0.15) is 5.75 Å². The molecule has 124 valence electrons. The van der Waals surface area contributed by atoms with Crippen LogP contribution >= 0.6 is 0 Å². The Morgan fingerprint density at radius 2 is 1.82 bits per heavy atom. The fourth-order valence-corrected chi connectivity index (χ4v) is 3.05. The fraction of sp³-hybridized carbons (Fsp3) is 0.562. The van der Waals surface area contributed by atoms with E-state index in [4.69, 9.17) is 0 Å². The summed E-state index contributed by atoms with van der Waals surface area (Å²) >= 11 is 0. The van der Waals surface area contributed by atoms with E-state index in [1.54, 1.807) is 4.90 Å². The molecule has 0 aliphatic carbocycles. The van der Waals surface area contributed by atoms with E-state index < -0.39 is 15.8 Å². The topological polar surface area (TPSA) is 66.5 Å². The molecule has 5 nitrogen and oxygen atoms in total. The van der Waals surface area contributed by atoms with Crippen molar-refractivity contribution in [2.75, 3.05) is 19.3 Å². The second-order valence-electron chi connectivity index (χ2n) is 5.94. The molecule has 0 spiro atoms. The lowest BCUT2D eigenvalue weighted by Gasteiger charge is -2.32. The van der Waals surface area contributed by atoms with E-state index >= 15 is 0 Å². The van der Waals surface area contributed by atoms with Crippen molar-refractivity contribution in [2.24, 2.45) is 5.92 Å². The van der Waals surface area contributed by atoms with E-state index in [9.17, 15) is 13.2 Å². The fourth-order valence-electron chi connectivity index (χ4n) is 2.41. The molecule has 0 aliphatic rings. The van der Waals surface area contributed by atoms with Crippen LogP contribution in [0.3, 0.4) is 0 Å². The van der Waals surface area contributed by atoms with Crippen molar-refractivity contribution in [1.29, 1.82) is 0 Å². The second-order valence-corrected chi connectivity index (χ2v) is 7.86. The van der Waals surface area contributed by atoms with Gasteiger partial charge in [0.25, 0.3) is 0 Å². The minimum Gasteiger partial charge on any atom is -0.335 e. The summed E-state index contributed by atoms with van der Waals surface area (Å²) in [5.41, 5.74) is 2.13. The zero-order valence-corrected chi connectivity index (χ0v) is 14.8. The van der Waals surface area contributed by atoms with Gasteiger partial charge < -0.3 is 4.90 Å². The lowest BCUT2D eigenvalue weighted by molar-refractivity contribution is -0.131. The standard InChI is InChI=1S/C16H26N2O3S/c1-12(2)10-18(16(19)11-22(20,21)17-5)14(4)15-9-7-6-8-13(15)3/h6-9,12,14,17H,10-11H2,1-5H3/t14-/m0/s1. The van der Waals surface area contributed by atoms with Gasteiger partial charge in [0, 0.05) is 6.54 Å². The molecule has 0 heterocycles. The molecular formula is C16H26N2O3S. The van der Waals surface area contributed by atoms with Crippen molar-refractivity contribution in [3.63, 3.8) is 0 Å². The molecule has 0 bridgehead atoms. The van der Waals surface area contributed by atoms with Gasteiger partial charge in [-0.2, -0.15) is 0 Å². The number of carbonyl (C=O) groups is 1. The van der Waals surface area contributed by atoms with Crippen LogP contribution in [0.15, 0.2) is 24.3 Å². The first-order chi connectivity index (χ1) is 10.2. The Labute approximate surface area is 133 Å². The van der Waals surface area contributed by atoms with Gasteiger partial charge in [-0.15, -0.1) is 0 Å². The molecule has 1 aromatic carbocycles. The first-order valence-corrected chi connectivity index (χ1v) is 9.09. The van der Waals surface area contributed by atoms with Gasteiger partial charge in [-0.05, 0) is 37.9 Å². The van der Waals surface area contributed by atoms with Crippen molar-refractivity contribution in [1.82, 2.24) is 9.62 Å². The first kappa shape index (κ1) is 18.6. The second kappa shape index (κ2) is 7.74. The molecule has 0 fully saturated rings. The van der Waals surface area contributed by atoms with Crippen LogP contribution in [-0.4, -0.2) is 38.6 Å². The van der Waals surface area contributed by atoms with E-state index in [0.29, 0.717) is 6.54 Å². The van der Waals surface area contributed by atoms with Crippen LogP contribution in [0.2, 0.25) is 0 Å². The Bertz CT molecular complexity index is 612. The maximum atomic E-state index is 12.5. The normalized spacial score (nSPS) is 13.2. The summed E-state index contributed by atoms with van der Waals surface area (Å²) in [7, 11) is -2.25. The van der Waals surface area contributed by atoms with Crippen molar-refractivity contribution in [2.45, 2.75) is 33.7 Å². The van der Waals surface area contributed by atoms with Crippen LogP contribution < -0.4 is 4.72 Å². The Kier molecular flexibility index (Phi) is 6.56. The van der Waals surface area contributed by atoms with Crippen LogP contribution in [0, 0.1) is 12.8 Å². The highest BCUT2D eigenvalue weighted by atomic mass is 32.2. The highest BCUT2D eigenvalue weighted by Gasteiger charge is 2.26. The maximum Gasteiger partial charge on any atom is 0.239 e. The molecule has 1 rings (SSSR count). The van der Waals surface area contributed by atoms with Crippen LogP contribution in [0.5, 0.6) is 0 Å². The number of nitrogens with one attached hydrogen (secondary N) is 1. The van der Waals surface area contributed by atoms with E-state index in [0.717, 1.165) is 11.1 Å². The van der Waals surface area contributed by atoms with Crippen molar-refractivity contribution < 1.29 is 13.2 Å². The highest BCUT2D eigenvalue weighted by molar-refractivity contribution is 7.90. The van der Waals surface area contributed by atoms with Gasteiger partial charge in [-0.3, -0.25) is 4.79 Å². The molecular weight excluding hydrogens is 300 g/mol. The summed E-state index contributed by atoms with van der Waals surface area (Å²) in [5.74, 6) is -0.640. The summed E-state index contributed by atoms with van der Waals surface area (Å²) in [4.78, 5) is 14.1. The quantitative estimate of drug-likeness (QED) is 0.834. The number of carbonyl (C=O) groups excluding carboxylic acids is 1. The summed E-state index contributed by atoms with van der Waals surface area (Å²) in [6.07, 6.45) is 0. The van der Waals surface area contributed by atoms with Crippen LogP contribution in [0.25, 0.3) is 0 Å². The number of hydrogen-bond acceptors (Lipinski definition) is 3. The lowest BCUT2D eigenvalue weighted by Crippen LogP contribution is -2.42. The van der Waals surface area contributed by atoms with Crippen LogP contribution in [0.4, 0.5) is 0 Å². The molecule has 0 saturated carbocycles. The molecule has 0 aliphatic heterocycles. The number of sulfonamides is 1. The molecule has 1 aromatic rings. The van der Waals surface area contributed by atoms with Crippen molar-refractivity contribution in [3.05, 3.63) is 35.4 Å². The van der Waals surface area contributed by atoms with Crippen molar-refractivity contribution >= 4 is 15.9 Å². The molecule has 6 heteroatoms. The number of rotatable bonds is 7. The maximum absolute atomic E-state index is 12.5. The summed E-state index contributed by atoms with van der Waals surface area (Å²) < 4.78 is 25.5. The van der Waals surface area contributed by atoms with Crippen molar-refractivity contribution in [3.8, 4) is 0 Å². The van der Waals surface area contributed by atoms with Gasteiger partial charge in [0.2, 0.25) is 15.9 Å². The SMILES string of the molecule is CNS(=O)(=O)CC(=O)N(CC(C)C)[C@@H](C)c1ccccc1C. The highest BCUT2D eigenvalue weighted by Crippen LogP contribution is 2.24. The minimum atomic E-state index is -3.57. The van der Waals surface area contributed by atoms with Gasteiger partial charge in [-0.25, -0.2) is 13.1 Å². The van der Waals surface area contributed by atoms with Gasteiger partial charge in [-0.1, -0.05) is 38.1 Å². The summed E-state index contributed by atoms with van der Waals surface area (Å²) in [5, 5.41) is 0. The monoisotopic (exact) mass is 326 g/mol. The Hall–Kier alpha value is -1.40. The molecule has 0 radical (unpaired) electrons. The van der Waals surface area contributed by atoms with Gasteiger partial charge >= 0.3 is 0 Å². The third-order valence-electron chi connectivity index (χ3n) is 3.61. The molecule has 0 saturated heterocycles. The van der Waals surface area contributed by atoms with Crippen LogP contribution in [0.1, 0.15) is 37.9 Å². The number of amides is 1. The van der Waals surface area contributed by atoms with Crippen LogP contribution in [-0.2, 0) is 14.8 Å². The average Bonchev–Trinajstić information content (AvgIpc) is 2.44. The number of benzene rings is 1. The Balaban J connectivity index is 3.07. The van der Waals surface area contributed by atoms with Gasteiger partial charge in [0.05, 0.1) is 6.04 Å². The number of aryl methyl sites for hydroxylation is 1. The third kappa shape index (κ3) is 5.10. The Morgan fingerprint density at radius 3 is 2.32 bits per heavy atom. The van der Waals surface area contributed by atoms with E-state index in [1.807, 2.05) is 52.0 Å². The van der Waals surface area contributed by atoms with E-state index in [-0.39, 0.29) is 17.9 Å². The smallest absolute Gasteiger partial charge is 0.239 e. The average molecular weight is 326 g/mol. The molecule has 0 unspecified atom stereocenters. The zero-order chi connectivity index (χ0) is 16.9. The molecule has 1 amide bonds. The number of hydrogen-bond donors (Lipinski definition) is 1. The predicted molar refractivity (Wildman–Crippen MR) is 89.0 cm³/mol. The minimum absolute atomic E-state index is 0.164. The van der Waals surface area contributed by atoms with Gasteiger partial charge in [0.15, 0.2) is 0 Å². The van der Waals surface area contributed by atoms with E-state index in [1.165, 1.54) is 7.05 Å². The largest absolute Gasteiger partial charge is 0.335 e. The molecule has 0 aromatic heterocycles. The molecule has 1 N–H and O–H groups in total. The molecule has 22 heavy (non-hydrogen) atoms. The molecule has 1 atom stereocenters. The zero-order valence-electron chi connectivity index (χ0n) is 14.0. The predicted octanol–water partition coefficient (Wildman–Crippen LogP) is 2.09. The third-order valence-corrected chi connectivity index (χ3v) is 4.86. The number of nitrogens with zero attached hydrogens (tertiary/aromatic N) is 1.